The van der Waals surface area contributed by atoms with Gasteiger partial charge in [-0.15, -0.1) is 0 Å². The molecule has 3 aromatic rings. The molecular weight excluding hydrogens is 265 g/mol. The number of rotatable bonds is 1. The summed E-state index contributed by atoms with van der Waals surface area (Å²) in [4.78, 5) is 0. The largest absolute Gasteiger partial charge is 0.418 e. The first-order chi connectivity index (χ1) is 9.48. The fourth-order valence-electron chi connectivity index (χ4n) is 2.49. The molecule has 0 spiro atoms. The molecule has 0 heterocycles. The van der Waals surface area contributed by atoms with E-state index in [-0.39, 0.29) is 5.56 Å². The predicted octanol–water partition coefficient (Wildman–Crippen LogP) is 4.59. The number of benzene rings is 3. The highest BCUT2D eigenvalue weighted by Crippen LogP contribution is 2.38. The highest BCUT2D eigenvalue weighted by Gasteiger charge is 2.40. The monoisotopic (exact) mass is 276 g/mol. The molecule has 1 nitrogen and oxygen atoms in total. The van der Waals surface area contributed by atoms with E-state index in [1.807, 2.05) is 12.1 Å². The molecule has 0 amide bonds. The molecule has 0 fully saturated rings. The van der Waals surface area contributed by atoms with E-state index in [2.05, 4.69) is 0 Å². The van der Waals surface area contributed by atoms with Gasteiger partial charge in [0.1, 0.15) is 0 Å². The lowest BCUT2D eigenvalue weighted by Crippen LogP contribution is -2.20. The van der Waals surface area contributed by atoms with Gasteiger partial charge in [0, 0.05) is 0 Å². The zero-order valence-electron chi connectivity index (χ0n) is 10.4. The molecule has 0 aliphatic rings. The first-order valence-electron chi connectivity index (χ1n) is 6.13. The SMILES string of the molecule is O[C@H](c1cc2ccccc2c2ccccc12)C(F)(F)F. The van der Waals surface area contributed by atoms with Gasteiger partial charge in [-0.25, -0.2) is 0 Å². The van der Waals surface area contributed by atoms with E-state index in [0.29, 0.717) is 16.2 Å². The molecule has 3 rings (SSSR count). The summed E-state index contributed by atoms with van der Waals surface area (Å²) < 4.78 is 38.4. The van der Waals surface area contributed by atoms with E-state index in [0.717, 1.165) is 5.39 Å². The topological polar surface area (TPSA) is 20.2 Å². The molecule has 0 aliphatic heterocycles. The van der Waals surface area contributed by atoms with E-state index in [9.17, 15) is 18.3 Å². The average Bonchev–Trinajstić information content (AvgIpc) is 2.44. The standard InChI is InChI=1S/C16H11F3O/c17-16(18,19)15(20)14-9-10-5-1-2-6-11(10)12-7-3-4-8-13(12)14/h1-9,15,20H/t15-/m1/s1. The van der Waals surface area contributed by atoms with Crippen LogP contribution in [0, 0.1) is 0 Å². The molecule has 1 atom stereocenters. The summed E-state index contributed by atoms with van der Waals surface area (Å²) in [6.45, 7) is 0. The lowest BCUT2D eigenvalue weighted by Gasteiger charge is -2.18. The third kappa shape index (κ3) is 2.02. The van der Waals surface area contributed by atoms with Crippen LogP contribution < -0.4 is 0 Å². The summed E-state index contributed by atoms with van der Waals surface area (Å²) in [5, 5.41) is 12.3. The number of alkyl halides is 3. The fraction of sp³-hybridized carbons (Fsp3) is 0.125. The average molecular weight is 276 g/mol. The van der Waals surface area contributed by atoms with Crippen molar-refractivity contribution in [3.63, 3.8) is 0 Å². The summed E-state index contributed by atoms with van der Waals surface area (Å²) in [5.74, 6) is 0. The van der Waals surface area contributed by atoms with Gasteiger partial charge < -0.3 is 5.11 Å². The van der Waals surface area contributed by atoms with E-state index >= 15 is 0 Å². The van der Waals surface area contributed by atoms with E-state index in [4.69, 9.17) is 0 Å². The van der Waals surface area contributed by atoms with Crippen molar-refractivity contribution in [2.24, 2.45) is 0 Å². The Balaban J connectivity index is 2.41. The van der Waals surface area contributed by atoms with Crippen molar-refractivity contribution in [2.45, 2.75) is 12.3 Å². The minimum absolute atomic E-state index is 0.105. The second-order valence-electron chi connectivity index (χ2n) is 4.68. The van der Waals surface area contributed by atoms with Gasteiger partial charge in [-0.2, -0.15) is 13.2 Å². The van der Waals surface area contributed by atoms with Crippen LogP contribution in [0.25, 0.3) is 21.5 Å². The Labute approximate surface area is 113 Å². The zero-order chi connectivity index (χ0) is 14.3. The summed E-state index contributed by atoms with van der Waals surface area (Å²) in [5.41, 5.74) is -0.105. The van der Waals surface area contributed by atoms with Crippen LogP contribution in [-0.2, 0) is 0 Å². The van der Waals surface area contributed by atoms with Gasteiger partial charge in [0.15, 0.2) is 6.10 Å². The Hall–Kier alpha value is -2.07. The van der Waals surface area contributed by atoms with Crippen molar-refractivity contribution in [1.82, 2.24) is 0 Å². The lowest BCUT2D eigenvalue weighted by molar-refractivity contribution is -0.206. The van der Waals surface area contributed by atoms with Crippen molar-refractivity contribution in [3.05, 3.63) is 60.2 Å². The smallest absolute Gasteiger partial charge is 0.379 e. The van der Waals surface area contributed by atoms with Crippen molar-refractivity contribution in [1.29, 1.82) is 0 Å². The number of hydrogen-bond acceptors (Lipinski definition) is 1. The third-order valence-corrected chi connectivity index (χ3v) is 3.40. The molecule has 3 aromatic carbocycles. The normalized spacial score (nSPS) is 13.8. The maximum atomic E-state index is 12.8. The fourth-order valence-corrected chi connectivity index (χ4v) is 2.49. The van der Waals surface area contributed by atoms with E-state index < -0.39 is 12.3 Å². The first-order valence-corrected chi connectivity index (χ1v) is 6.13. The van der Waals surface area contributed by atoms with Crippen LogP contribution in [-0.4, -0.2) is 11.3 Å². The van der Waals surface area contributed by atoms with Crippen LogP contribution in [0.1, 0.15) is 11.7 Å². The Morgan fingerprint density at radius 2 is 1.35 bits per heavy atom. The van der Waals surface area contributed by atoms with Gasteiger partial charge in [0.2, 0.25) is 0 Å². The lowest BCUT2D eigenvalue weighted by atomic mass is 9.94. The number of halogens is 3. The highest BCUT2D eigenvalue weighted by atomic mass is 19.4. The van der Waals surface area contributed by atoms with Crippen molar-refractivity contribution < 1.29 is 18.3 Å². The maximum absolute atomic E-state index is 12.8. The molecule has 0 saturated carbocycles. The molecular formula is C16H11F3O. The van der Waals surface area contributed by atoms with Gasteiger partial charge in [0.25, 0.3) is 0 Å². The Morgan fingerprint density at radius 3 is 2.00 bits per heavy atom. The molecule has 0 aliphatic carbocycles. The van der Waals surface area contributed by atoms with Gasteiger partial charge in [-0.3, -0.25) is 0 Å². The molecule has 20 heavy (non-hydrogen) atoms. The van der Waals surface area contributed by atoms with Crippen molar-refractivity contribution >= 4 is 21.5 Å². The van der Waals surface area contributed by atoms with Gasteiger partial charge in [-0.1, -0.05) is 48.5 Å². The quantitative estimate of drug-likeness (QED) is 0.644. The highest BCUT2D eigenvalue weighted by molar-refractivity contribution is 6.09. The van der Waals surface area contributed by atoms with Crippen LogP contribution in [0.3, 0.4) is 0 Å². The number of aliphatic hydroxyl groups excluding tert-OH is 1. The van der Waals surface area contributed by atoms with Crippen LogP contribution in [0.4, 0.5) is 13.2 Å². The molecule has 0 radical (unpaired) electrons. The second kappa shape index (κ2) is 4.49. The third-order valence-electron chi connectivity index (χ3n) is 3.40. The first kappa shape index (κ1) is 12.9. The predicted molar refractivity (Wildman–Crippen MR) is 72.5 cm³/mol. The summed E-state index contributed by atoms with van der Waals surface area (Å²) in [6.07, 6.45) is -7.15. The molecule has 0 unspecified atom stereocenters. The molecule has 4 heteroatoms. The molecule has 1 N–H and O–H groups in total. The van der Waals surface area contributed by atoms with Crippen LogP contribution in [0.5, 0.6) is 0 Å². The number of fused-ring (bicyclic) bond motifs is 3. The minimum atomic E-state index is -4.68. The number of hydrogen-bond donors (Lipinski definition) is 1. The summed E-state index contributed by atoms with van der Waals surface area (Å²) in [7, 11) is 0. The molecule has 0 saturated heterocycles. The maximum Gasteiger partial charge on any atom is 0.418 e. The van der Waals surface area contributed by atoms with Gasteiger partial charge in [-0.05, 0) is 33.2 Å². The Bertz CT molecular complexity index is 777. The second-order valence-corrected chi connectivity index (χ2v) is 4.68. The van der Waals surface area contributed by atoms with Crippen LogP contribution in [0.2, 0.25) is 0 Å². The Morgan fingerprint density at radius 1 is 0.800 bits per heavy atom. The summed E-state index contributed by atoms with van der Waals surface area (Å²) in [6, 6.07) is 15.4. The van der Waals surface area contributed by atoms with Gasteiger partial charge >= 0.3 is 6.18 Å². The zero-order valence-corrected chi connectivity index (χ0v) is 10.4. The van der Waals surface area contributed by atoms with Crippen molar-refractivity contribution in [2.75, 3.05) is 0 Å². The molecule has 0 bridgehead atoms. The van der Waals surface area contributed by atoms with Crippen LogP contribution >= 0.6 is 0 Å². The minimum Gasteiger partial charge on any atom is -0.379 e. The summed E-state index contributed by atoms with van der Waals surface area (Å²) >= 11 is 0. The van der Waals surface area contributed by atoms with E-state index in [1.165, 1.54) is 6.07 Å². The van der Waals surface area contributed by atoms with Crippen molar-refractivity contribution in [3.8, 4) is 0 Å². The number of aliphatic hydroxyl groups is 1. The molecule has 102 valence electrons. The van der Waals surface area contributed by atoms with E-state index in [1.54, 1.807) is 36.4 Å². The van der Waals surface area contributed by atoms with Gasteiger partial charge in [0.05, 0.1) is 0 Å². The Kier molecular flexibility index (Phi) is 2.91. The van der Waals surface area contributed by atoms with Crippen LogP contribution in [0.15, 0.2) is 54.6 Å². The molecule has 0 aromatic heterocycles.